The highest BCUT2D eigenvalue weighted by atomic mass is 28.4. The molecule has 0 bridgehead atoms. The molecule has 0 radical (unpaired) electrons. The van der Waals surface area contributed by atoms with Crippen LogP contribution < -0.4 is 0 Å². The highest BCUT2D eigenvalue weighted by Crippen LogP contribution is 2.26. The molecule has 0 aromatic carbocycles. The van der Waals surface area contributed by atoms with Gasteiger partial charge in [-0.1, -0.05) is 41.0 Å². The molecule has 0 rings (SSSR count). The van der Waals surface area contributed by atoms with Gasteiger partial charge in [0.2, 0.25) is 0 Å². The monoisotopic (exact) mass is 216 g/mol. The lowest BCUT2D eigenvalue weighted by molar-refractivity contribution is 0.145. The molecule has 0 saturated heterocycles. The molecule has 14 heavy (non-hydrogen) atoms. The zero-order valence-corrected chi connectivity index (χ0v) is 11.9. The second kappa shape index (κ2) is 6.62. The lowest BCUT2D eigenvalue weighted by Gasteiger charge is -2.34. The summed E-state index contributed by atoms with van der Waals surface area (Å²) >= 11 is 0. The molecule has 0 aliphatic rings. The van der Waals surface area contributed by atoms with Crippen LogP contribution in [0.2, 0.25) is 18.1 Å². The molecule has 0 aromatic heterocycles. The fourth-order valence-corrected chi connectivity index (χ4v) is 4.86. The lowest BCUT2D eigenvalue weighted by Crippen LogP contribution is -2.40. The van der Waals surface area contributed by atoms with Crippen molar-refractivity contribution in [3.05, 3.63) is 0 Å². The summed E-state index contributed by atoms with van der Waals surface area (Å²) in [4.78, 5) is 0. The summed E-state index contributed by atoms with van der Waals surface area (Å²) in [6.45, 7) is 13.7. The van der Waals surface area contributed by atoms with Gasteiger partial charge in [-0.25, -0.2) is 0 Å². The van der Waals surface area contributed by atoms with Gasteiger partial charge in [0.05, 0.1) is 0 Å². The molecule has 0 aliphatic carbocycles. The van der Waals surface area contributed by atoms with Crippen molar-refractivity contribution in [3.8, 4) is 0 Å². The minimum Gasteiger partial charge on any atom is -0.414 e. The highest BCUT2D eigenvalue weighted by Gasteiger charge is 2.31. The van der Waals surface area contributed by atoms with E-state index >= 15 is 0 Å². The first-order valence-electron chi connectivity index (χ1n) is 6.23. The smallest absolute Gasteiger partial charge is 0.192 e. The standard InChI is InChI=1S/C12H28OSi/c1-7-11(5)12(6)13-14(8-2,9-3)10-4/h11-12H,7-10H2,1-6H3. The van der Waals surface area contributed by atoms with E-state index in [1.54, 1.807) is 0 Å². The highest BCUT2D eigenvalue weighted by molar-refractivity contribution is 6.73. The van der Waals surface area contributed by atoms with Crippen LogP contribution in [0, 0.1) is 5.92 Å². The van der Waals surface area contributed by atoms with E-state index in [0.29, 0.717) is 12.0 Å². The van der Waals surface area contributed by atoms with Gasteiger partial charge in [-0.3, -0.25) is 0 Å². The van der Waals surface area contributed by atoms with Crippen LogP contribution in [-0.2, 0) is 4.43 Å². The van der Waals surface area contributed by atoms with Gasteiger partial charge in [-0.05, 0) is 31.0 Å². The lowest BCUT2D eigenvalue weighted by atomic mass is 10.0. The molecule has 0 aliphatic heterocycles. The normalized spacial score (nSPS) is 16.7. The Morgan fingerprint density at radius 3 is 1.64 bits per heavy atom. The molecule has 0 saturated carbocycles. The minimum atomic E-state index is -1.36. The average Bonchev–Trinajstić information content (AvgIpc) is 2.24. The van der Waals surface area contributed by atoms with Crippen molar-refractivity contribution in [3.63, 3.8) is 0 Å². The van der Waals surface area contributed by atoms with Crippen LogP contribution in [0.25, 0.3) is 0 Å². The molecule has 0 aromatic rings. The summed E-state index contributed by atoms with van der Waals surface area (Å²) in [5.41, 5.74) is 0. The van der Waals surface area contributed by atoms with E-state index < -0.39 is 8.32 Å². The molecule has 2 atom stereocenters. The summed E-state index contributed by atoms with van der Waals surface area (Å²) in [5, 5.41) is 0. The van der Waals surface area contributed by atoms with E-state index in [4.69, 9.17) is 4.43 Å². The number of hydrogen-bond donors (Lipinski definition) is 0. The van der Waals surface area contributed by atoms with Gasteiger partial charge in [-0.2, -0.15) is 0 Å². The Hall–Kier alpha value is 0.177. The summed E-state index contributed by atoms with van der Waals surface area (Å²) in [5.74, 6) is 0.700. The third-order valence-electron chi connectivity index (χ3n) is 3.81. The Labute approximate surface area is 91.4 Å². The van der Waals surface area contributed by atoms with Gasteiger partial charge in [-0.15, -0.1) is 0 Å². The first-order valence-corrected chi connectivity index (χ1v) is 8.75. The maximum absolute atomic E-state index is 6.38. The maximum Gasteiger partial charge on any atom is 0.192 e. The average molecular weight is 216 g/mol. The summed E-state index contributed by atoms with van der Waals surface area (Å²) in [6, 6.07) is 3.79. The Morgan fingerprint density at radius 2 is 1.36 bits per heavy atom. The van der Waals surface area contributed by atoms with E-state index in [1.807, 2.05) is 0 Å². The van der Waals surface area contributed by atoms with Gasteiger partial charge in [0.15, 0.2) is 8.32 Å². The van der Waals surface area contributed by atoms with Crippen molar-refractivity contribution in [1.82, 2.24) is 0 Å². The topological polar surface area (TPSA) is 9.23 Å². The van der Waals surface area contributed by atoms with Gasteiger partial charge in [0, 0.05) is 6.10 Å². The van der Waals surface area contributed by atoms with Crippen molar-refractivity contribution in [1.29, 1.82) is 0 Å². The second-order valence-electron chi connectivity index (χ2n) is 4.45. The molecule has 0 amide bonds. The van der Waals surface area contributed by atoms with Crippen LogP contribution >= 0.6 is 0 Å². The third kappa shape index (κ3) is 3.74. The summed E-state index contributed by atoms with van der Waals surface area (Å²) in [6.07, 6.45) is 1.68. The van der Waals surface area contributed by atoms with Crippen molar-refractivity contribution < 1.29 is 4.43 Å². The van der Waals surface area contributed by atoms with Crippen LogP contribution in [-0.4, -0.2) is 14.4 Å². The van der Waals surface area contributed by atoms with E-state index in [0.717, 1.165) is 0 Å². The van der Waals surface area contributed by atoms with Crippen LogP contribution in [0.1, 0.15) is 48.0 Å². The van der Waals surface area contributed by atoms with Crippen molar-refractivity contribution >= 4 is 8.32 Å². The first kappa shape index (κ1) is 14.2. The van der Waals surface area contributed by atoms with E-state index in [2.05, 4.69) is 41.5 Å². The zero-order valence-electron chi connectivity index (χ0n) is 10.9. The van der Waals surface area contributed by atoms with Crippen LogP contribution in [0.5, 0.6) is 0 Å². The van der Waals surface area contributed by atoms with E-state index in [9.17, 15) is 0 Å². The van der Waals surface area contributed by atoms with Crippen molar-refractivity contribution in [2.45, 2.75) is 72.2 Å². The minimum absolute atomic E-state index is 0.450. The largest absolute Gasteiger partial charge is 0.414 e. The molecular formula is C12H28OSi. The van der Waals surface area contributed by atoms with Gasteiger partial charge >= 0.3 is 0 Å². The molecular weight excluding hydrogens is 188 g/mol. The molecule has 2 heteroatoms. The quantitative estimate of drug-likeness (QED) is 0.572. The maximum atomic E-state index is 6.38. The molecule has 0 fully saturated rings. The van der Waals surface area contributed by atoms with E-state index in [-0.39, 0.29) is 0 Å². The van der Waals surface area contributed by atoms with Crippen molar-refractivity contribution in [2.75, 3.05) is 0 Å². The molecule has 2 unspecified atom stereocenters. The number of rotatable bonds is 7. The van der Waals surface area contributed by atoms with Gasteiger partial charge < -0.3 is 4.43 Å². The van der Waals surface area contributed by atoms with Crippen LogP contribution in [0.15, 0.2) is 0 Å². The molecule has 1 nitrogen and oxygen atoms in total. The predicted molar refractivity (Wildman–Crippen MR) is 67.2 cm³/mol. The zero-order chi connectivity index (χ0) is 11.2. The van der Waals surface area contributed by atoms with E-state index in [1.165, 1.54) is 24.6 Å². The van der Waals surface area contributed by atoms with Crippen molar-refractivity contribution in [2.24, 2.45) is 5.92 Å². The summed E-state index contributed by atoms with van der Waals surface area (Å²) < 4.78 is 6.38. The fraction of sp³-hybridized carbons (Fsp3) is 1.00. The van der Waals surface area contributed by atoms with Gasteiger partial charge in [0.25, 0.3) is 0 Å². The Bertz CT molecular complexity index is 135. The molecule has 0 N–H and O–H groups in total. The second-order valence-corrected chi connectivity index (χ2v) is 9.18. The first-order chi connectivity index (χ1) is 6.55. The summed E-state index contributed by atoms with van der Waals surface area (Å²) in [7, 11) is -1.36. The van der Waals surface area contributed by atoms with Crippen LogP contribution in [0.3, 0.4) is 0 Å². The fourth-order valence-electron chi connectivity index (χ4n) is 1.84. The number of hydrogen-bond acceptors (Lipinski definition) is 1. The molecule has 0 spiro atoms. The third-order valence-corrected chi connectivity index (χ3v) is 8.55. The predicted octanol–water partition coefficient (Wildman–Crippen LogP) is 4.44. The molecule has 0 heterocycles. The Balaban J connectivity index is 4.28. The Morgan fingerprint density at radius 1 is 0.929 bits per heavy atom. The Kier molecular flexibility index (Phi) is 6.71. The van der Waals surface area contributed by atoms with Gasteiger partial charge in [0.1, 0.15) is 0 Å². The molecule has 86 valence electrons. The SMILES string of the molecule is CCC(C)C(C)O[Si](CC)(CC)CC. The van der Waals surface area contributed by atoms with Crippen LogP contribution in [0.4, 0.5) is 0 Å².